The Morgan fingerprint density at radius 3 is 2.76 bits per heavy atom. The lowest BCUT2D eigenvalue weighted by Crippen LogP contribution is -1.97. The van der Waals surface area contributed by atoms with Crippen molar-refractivity contribution in [1.29, 1.82) is 0 Å². The zero-order valence-electron chi connectivity index (χ0n) is 9.50. The molecule has 0 radical (unpaired) electrons. The van der Waals surface area contributed by atoms with Crippen LogP contribution in [-0.2, 0) is 0 Å². The van der Waals surface area contributed by atoms with Crippen LogP contribution in [0.3, 0.4) is 0 Å². The maximum Gasteiger partial charge on any atom is 0.283 e. The van der Waals surface area contributed by atoms with Gasteiger partial charge in [-0.15, -0.1) is 11.8 Å². The van der Waals surface area contributed by atoms with E-state index in [-0.39, 0.29) is 12.3 Å². The van der Waals surface area contributed by atoms with Crippen molar-refractivity contribution in [3.63, 3.8) is 0 Å². The van der Waals surface area contributed by atoms with Gasteiger partial charge in [0.1, 0.15) is 0 Å². The topological polar surface area (TPSA) is 83.6 Å². The molecular formula is C11H15NO4S. The fourth-order valence-electron chi connectivity index (χ4n) is 1.31. The Kier molecular flexibility index (Phi) is 5.40. The second-order valence-corrected chi connectivity index (χ2v) is 4.72. The lowest BCUT2D eigenvalue weighted by atomic mass is 10.1. The number of aliphatic hydroxyl groups excluding tert-OH is 2. The van der Waals surface area contributed by atoms with Gasteiger partial charge >= 0.3 is 0 Å². The molecule has 94 valence electrons. The summed E-state index contributed by atoms with van der Waals surface area (Å²) in [6.45, 7) is 1.64. The predicted molar refractivity (Wildman–Crippen MR) is 66.2 cm³/mol. The van der Waals surface area contributed by atoms with Crippen molar-refractivity contribution < 1.29 is 15.1 Å². The lowest BCUT2D eigenvalue weighted by molar-refractivity contribution is -0.387. The molecule has 6 heteroatoms. The monoisotopic (exact) mass is 257 g/mol. The Labute approximate surface area is 104 Å². The summed E-state index contributed by atoms with van der Waals surface area (Å²) in [5, 5.41) is 28.9. The number of nitrogens with zero attached hydrogens (tertiary/aromatic N) is 1. The molecule has 1 aromatic carbocycles. The molecule has 0 saturated carbocycles. The molecular weight excluding hydrogens is 242 g/mol. The minimum absolute atomic E-state index is 0.00587. The van der Waals surface area contributed by atoms with Gasteiger partial charge in [-0.3, -0.25) is 10.1 Å². The third kappa shape index (κ3) is 3.99. The van der Waals surface area contributed by atoms with Gasteiger partial charge < -0.3 is 10.2 Å². The quantitative estimate of drug-likeness (QED) is 0.353. The molecule has 0 aliphatic carbocycles. The number of hydrogen-bond donors (Lipinski definition) is 2. The molecule has 2 N–H and O–H groups in total. The molecule has 1 rings (SSSR count). The van der Waals surface area contributed by atoms with Crippen molar-refractivity contribution in [2.24, 2.45) is 0 Å². The van der Waals surface area contributed by atoms with Gasteiger partial charge in [-0.05, 0) is 25.0 Å². The van der Waals surface area contributed by atoms with Crippen molar-refractivity contribution in [1.82, 2.24) is 0 Å². The summed E-state index contributed by atoms with van der Waals surface area (Å²) in [6.07, 6.45) is -0.120. The molecule has 17 heavy (non-hydrogen) atoms. The molecule has 0 amide bonds. The number of hydrogen-bond acceptors (Lipinski definition) is 5. The fourth-order valence-corrected chi connectivity index (χ4v) is 2.24. The van der Waals surface area contributed by atoms with E-state index < -0.39 is 11.0 Å². The van der Waals surface area contributed by atoms with E-state index in [1.165, 1.54) is 17.8 Å². The number of rotatable bonds is 6. The smallest absolute Gasteiger partial charge is 0.283 e. The van der Waals surface area contributed by atoms with Crippen LogP contribution in [0.1, 0.15) is 25.0 Å². The molecule has 0 spiro atoms. The number of benzene rings is 1. The minimum Gasteiger partial charge on any atom is -0.396 e. The first-order valence-electron chi connectivity index (χ1n) is 5.26. The van der Waals surface area contributed by atoms with E-state index in [1.54, 1.807) is 19.1 Å². The van der Waals surface area contributed by atoms with Crippen LogP contribution in [0.4, 0.5) is 5.69 Å². The molecule has 0 aliphatic heterocycles. The van der Waals surface area contributed by atoms with Crippen LogP contribution in [0.25, 0.3) is 0 Å². The standard InChI is InChI=1S/C11H15NO4S/c1-8(14)9-3-4-11(17-6-2-5-13)10(7-9)12(15)16/h3-4,7-8,13-14H,2,5-6H2,1H3/t8-/m1/s1. The van der Waals surface area contributed by atoms with Crippen LogP contribution in [0.5, 0.6) is 0 Å². The van der Waals surface area contributed by atoms with Crippen molar-refractivity contribution in [3.05, 3.63) is 33.9 Å². The van der Waals surface area contributed by atoms with Crippen LogP contribution in [0.15, 0.2) is 23.1 Å². The Balaban J connectivity index is 2.92. The third-order valence-electron chi connectivity index (χ3n) is 2.22. The molecule has 0 aromatic heterocycles. The first-order valence-corrected chi connectivity index (χ1v) is 6.25. The van der Waals surface area contributed by atoms with E-state index >= 15 is 0 Å². The number of aliphatic hydroxyl groups is 2. The molecule has 0 fully saturated rings. The SMILES string of the molecule is C[C@@H](O)c1ccc(SCCCO)c([N+](=O)[O-])c1. The van der Waals surface area contributed by atoms with Crippen molar-refractivity contribution in [2.75, 3.05) is 12.4 Å². The Hall–Kier alpha value is -1.11. The molecule has 0 unspecified atom stereocenters. The van der Waals surface area contributed by atoms with E-state index in [1.807, 2.05) is 0 Å². The first-order chi connectivity index (χ1) is 8.06. The molecule has 0 aliphatic rings. The zero-order chi connectivity index (χ0) is 12.8. The van der Waals surface area contributed by atoms with Crippen molar-refractivity contribution in [2.45, 2.75) is 24.3 Å². The third-order valence-corrected chi connectivity index (χ3v) is 3.37. The summed E-state index contributed by atoms with van der Waals surface area (Å²) in [4.78, 5) is 11.0. The minimum atomic E-state index is -0.717. The van der Waals surface area contributed by atoms with Gasteiger partial charge in [0.2, 0.25) is 0 Å². The van der Waals surface area contributed by atoms with Gasteiger partial charge in [0, 0.05) is 18.4 Å². The average molecular weight is 257 g/mol. The zero-order valence-corrected chi connectivity index (χ0v) is 10.3. The summed E-state index contributed by atoms with van der Waals surface area (Å²) in [5.74, 6) is 0.630. The average Bonchev–Trinajstić information content (AvgIpc) is 2.29. The molecule has 0 bridgehead atoms. The van der Waals surface area contributed by atoms with E-state index in [9.17, 15) is 15.2 Å². The summed E-state index contributed by atoms with van der Waals surface area (Å²) >= 11 is 1.34. The Morgan fingerprint density at radius 1 is 1.53 bits per heavy atom. The number of thioether (sulfide) groups is 1. The largest absolute Gasteiger partial charge is 0.396 e. The van der Waals surface area contributed by atoms with Gasteiger partial charge in [0.05, 0.1) is 15.9 Å². The van der Waals surface area contributed by atoms with E-state index in [0.717, 1.165) is 0 Å². The molecule has 1 atom stereocenters. The van der Waals surface area contributed by atoms with E-state index in [2.05, 4.69) is 0 Å². The summed E-state index contributed by atoms with van der Waals surface area (Å²) in [7, 11) is 0. The van der Waals surface area contributed by atoms with Gasteiger partial charge in [-0.2, -0.15) is 0 Å². The highest BCUT2D eigenvalue weighted by Gasteiger charge is 2.16. The fraction of sp³-hybridized carbons (Fsp3) is 0.455. The summed E-state index contributed by atoms with van der Waals surface area (Å²) in [6, 6.07) is 4.72. The highest BCUT2D eigenvalue weighted by molar-refractivity contribution is 7.99. The normalized spacial score (nSPS) is 12.4. The maximum absolute atomic E-state index is 10.9. The van der Waals surface area contributed by atoms with Crippen molar-refractivity contribution >= 4 is 17.4 Å². The van der Waals surface area contributed by atoms with Gasteiger partial charge in [-0.1, -0.05) is 6.07 Å². The van der Waals surface area contributed by atoms with Crippen LogP contribution in [-0.4, -0.2) is 27.5 Å². The molecule has 0 saturated heterocycles. The number of nitro benzene ring substituents is 1. The lowest BCUT2D eigenvalue weighted by Gasteiger charge is -2.07. The second kappa shape index (κ2) is 6.58. The van der Waals surface area contributed by atoms with E-state index in [4.69, 9.17) is 5.11 Å². The highest BCUT2D eigenvalue weighted by Crippen LogP contribution is 2.31. The Bertz CT molecular complexity index is 395. The highest BCUT2D eigenvalue weighted by atomic mass is 32.2. The van der Waals surface area contributed by atoms with Crippen LogP contribution >= 0.6 is 11.8 Å². The van der Waals surface area contributed by atoms with Crippen LogP contribution in [0.2, 0.25) is 0 Å². The van der Waals surface area contributed by atoms with Crippen molar-refractivity contribution in [3.8, 4) is 0 Å². The van der Waals surface area contributed by atoms with Gasteiger partial charge in [0.25, 0.3) is 5.69 Å². The van der Waals surface area contributed by atoms with Gasteiger partial charge in [0.15, 0.2) is 0 Å². The maximum atomic E-state index is 10.9. The predicted octanol–water partition coefficient (Wildman–Crippen LogP) is 2.12. The summed E-state index contributed by atoms with van der Waals surface area (Å²) < 4.78 is 0. The first kappa shape index (κ1) is 14.0. The van der Waals surface area contributed by atoms with Gasteiger partial charge in [-0.25, -0.2) is 0 Å². The molecule has 0 heterocycles. The number of nitro groups is 1. The Morgan fingerprint density at radius 2 is 2.24 bits per heavy atom. The molecule has 1 aromatic rings. The van der Waals surface area contributed by atoms with Crippen LogP contribution in [0, 0.1) is 10.1 Å². The summed E-state index contributed by atoms with van der Waals surface area (Å²) in [5.41, 5.74) is 0.537. The van der Waals surface area contributed by atoms with E-state index in [0.29, 0.717) is 22.6 Å². The molecule has 5 nitrogen and oxygen atoms in total. The second-order valence-electron chi connectivity index (χ2n) is 3.59. The van der Waals surface area contributed by atoms with Crippen LogP contribution < -0.4 is 0 Å².